The zero-order valence-electron chi connectivity index (χ0n) is 37.9. The normalized spacial score (nSPS) is 14.8. The van der Waals surface area contributed by atoms with Crippen molar-refractivity contribution in [2.75, 3.05) is 39.3 Å². The molecule has 0 aromatic rings. The van der Waals surface area contributed by atoms with Crippen molar-refractivity contribution in [2.45, 2.75) is 177 Å². The van der Waals surface area contributed by atoms with Crippen LogP contribution in [0.3, 0.4) is 0 Å². The van der Waals surface area contributed by atoms with E-state index in [1.165, 1.54) is 0 Å². The van der Waals surface area contributed by atoms with Crippen molar-refractivity contribution < 1.29 is 38.1 Å². The standard InChI is InChI=1S/C41H77N9O8/c1-30(23-21-25-44-33(47-36(53)57-40(8,9)10)48-37(54)58-41(11,12)13)22-17-20-27-50-29-28-49(31(50)42)26-19-16-14-15-18-24-43-32(45-34(51)55-38(2,3)4)46-35(52)56-39(5,6)7/h30,42H,14-29H2,1-13H3,(H2,43,45,46,51,52)(H2,44,47,48,53,54)/t30-/m1/s1. The molecule has 0 aliphatic carbocycles. The molecule has 1 aliphatic heterocycles. The van der Waals surface area contributed by atoms with Gasteiger partial charge in [0.2, 0.25) is 11.9 Å². The van der Waals surface area contributed by atoms with Crippen LogP contribution in [0.25, 0.3) is 0 Å². The van der Waals surface area contributed by atoms with E-state index in [0.717, 1.165) is 90.4 Å². The van der Waals surface area contributed by atoms with Gasteiger partial charge in [0.25, 0.3) is 0 Å². The van der Waals surface area contributed by atoms with Crippen molar-refractivity contribution in [2.24, 2.45) is 15.9 Å². The maximum atomic E-state index is 12.3. The van der Waals surface area contributed by atoms with Gasteiger partial charge in [0.05, 0.1) is 0 Å². The fourth-order valence-corrected chi connectivity index (χ4v) is 5.63. The fourth-order valence-electron chi connectivity index (χ4n) is 5.63. The minimum atomic E-state index is -0.804. The second-order valence-corrected chi connectivity index (χ2v) is 18.8. The van der Waals surface area contributed by atoms with Crippen LogP contribution in [0.5, 0.6) is 0 Å². The second kappa shape index (κ2) is 24.6. The second-order valence-electron chi connectivity index (χ2n) is 18.8. The smallest absolute Gasteiger partial charge is 0.437 e. The maximum absolute atomic E-state index is 12.3. The van der Waals surface area contributed by atoms with Crippen LogP contribution < -0.4 is 21.3 Å². The van der Waals surface area contributed by atoms with Gasteiger partial charge in [0.1, 0.15) is 22.4 Å². The van der Waals surface area contributed by atoms with E-state index in [2.05, 4.69) is 48.0 Å². The Bertz CT molecular complexity index is 1370. The summed E-state index contributed by atoms with van der Waals surface area (Å²) in [5.41, 5.74) is -2.83. The minimum Gasteiger partial charge on any atom is -0.444 e. The predicted molar refractivity (Wildman–Crippen MR) is 228 cm³/mol. The van der Waals surface area contributed by atoms with Crippen LogP contribution in [-0.4, -0.2) is 114 Å². The number of aliphatic imine (C=N–C) groups is 2. The predicted octanol–water partition coefficient (Wildman–Crippen LogP) is 7.89. The number of nitrogens with zero attached hydrogens (tertiary/aromatic N) is 4. The quantitative estimate of drug-likeness (QED) is 0.0411. The molecule has 1 atom stereocenters. The lowest BCUT2D eigenvalue weighted by molar-refractivity contribution is 0.0542. The van der Waals surface area contributed by atoms with Gasteiger partial charge in [-0.1, -0.05) is 39.0 Å². The number of guanidine groups is 3. The molecule has 1 saturated heterocycles. The molecule has 0 aromatic carbocycles. The molecule has 58 heavy (non-hydrogen) atoms. The largest absolute Gasteiger partial charge is 0.444 e. The molecule has 334 valence electrons. The molecule has 0 aromatic heterocycles. The highest BCUT2D eigenvalue weighted by Crippen LogP contribution is 2.17. The maximum Gasteiger partial charge on any atom is 0.437 e. The van der Waals surface area contributed by atoms with Crippen molar-refractivity contribution in [3.63, 3.8) is 0 Å². The summed E-state index contributed by atoms with van der Waals surface area (Å²) in [4.78, 5) is 61.2. The van der Waals surface area contributed by atoms with Crippen LogP contribution in [0.4, 0.5) is 19.2 Å². The Balaban J connectivity index is 2.34. The third-order valence-corrected chi connectivity index (χ3v) is 8.11. The molecule has 0 saturated carbocycles. The first-order chi connectivity index (χ1) is 26.7. The summed E-state index contributed by atoms with van der Waals surface area (Å²) in [6, 6.07) is 0. The highest BCUT2D eigenvalue weighted by Gasteiger charge is 2.25. The molecule has 1 fully saturated rings. The lowest BCUT2D eigenvalue weighted by atomic mass is 9.99. The Labute approximate surface area is 348 Å². The Morgan fingerprint density at radius 3 is 1.36 bits per heavy atom. The van der Waals surface area contributed by atoms with Gasteiger partial charge in [0.15, 0.2) is 5.96 Å². The van der Waals surface area contributed by atoms with E-state index in [9.17, 15) is 19.2 Å². The zero-order valence-corrected chi connectivity index (χ0v) is 37.9. The summed E-state index contributed by atoms with van der Waals surface area (Å²) < 4.78 is 21.1. The Kier molecular flexibility index (Phi) is 21.9. The van der Waals surface area contributed by atoms with Gasteiger partial charge in [-0.3, -0.25) is 16.0 Å². The SMILES string of the molecule is C[C@H](CCCCN1CCN(CCCCCCCN/C(=N\C(=O)OC(C)(C)C)NC(=O)OC(C)(C)C)C1=N)CCCN/C(=N/C(=O)OC(C)(C)C)NC(=O)OC(C)(C)C. The van der Waals surface area contributed by atoms with E-state index in [1.54, 1.807) is 83.1 Å². The van der Waals surface area contributed by atoms with Gasteiger partial charge in [-0.05, 0) is 121 Å². The zero-order chi connectivity index (χ0) is 44.2. The number of unbranched alkanes of at least 4 members (excludes halogenated alkanes) is 5. The first-order valence-corrected chi connectivity index (χ1v) is 20.9. The van der Waals surface area contributed by atoms with Gasteiger partial charge >= 0.3 is 24.4 Å². The number of alkyl carbamates (subject to hydrolysis) is 2. The Morgan fingerprint density at radius 2 is 0.931 bits per heavy atom. The highest BCUT2D eigenvalue weighted by molar-refractivity contribution is 5.99. The Morgan fingerprint density at radius 1 is 0.569 bits per heavy atom. The fraction of sp³-hybridized carbons (Fsp3) is 0.829. The molecule has 5 N–H and O–H groups in total. The van der Waals surface area contributed by atoms with Gasteiger partial charge in [0, 0.05) is 39.3 Å². The third kappa shape index (κ3) is 27.3. The van der Waals surface area contributed by atoms with E-state index >= 15 is 0 Å². The molecule has 0 bridgehead atoms. The third-order valence-electron chi connectivity index (χ3n) is 8.11. The van der Waals surface area contributed by atoms with E-state index < -0.39 is 46.8 Å². The average molecular weight is 824 g/mol. The topological polar surface area (TPSA) is 208 Å². The van der Waals surface area contributed by atoms with Crippen LogP contribution in [-0.2, 0) is 18.9 Å². The van der Waals surface area contributed by atoms with Gasteiger partial charge < -0.3 is 39.4 Å². The molecule has 0 unspecified atom stereocenters. The molecule has 1 aliphatic rings. The Hall–Kier alpha value is -4.31. The summed E-state index contributed by atoms with van der Waals surface area (Å²) in [5, 5.41) is 19.8. The molecule has 4 amide bonds. The summed E-state index contributed by atoms with van der Waals surface area (Å²) >= 11 is 0. The summed E-state index contributed by atoms with van der Waals surface area (Å²) in [6.07, 6.45) is 6.82. The van der Waals surface area contributed by atoms with E-state index in [4.69, 9.17) is 24.4 Å². The van der Waals surface area contributed by atoms with Crippen molar-refractivity contribution in [1.29, 1.82) is 5.41 Å². The summed E-state index contributed by atoms with van der Waals surface area (Å²) in [5.74, 6) is 1.10. The number of hydrogen-bond acceptors (Lipinski definition) is 9. The first kappa shape index (κ1) is 51.7. The number of carbonyl (C=O) groups is 4. The highest BCUT2D eigenvalue weighted by atomic mass is 16.6. The molecule has 0 radical (unpaired) electrons. The van der Waals surface area contributed by atoms with Crippen LogP contribution in [0.1, 0.15) is 154 Å². The number of nitrogens with one attached hydrogen (secondary N) is 5. The monoisotopic (exact) mass is 824 g/mol. The van der Waals surface area contributed by atoms with Crippen molar-refractivity contribution in [1.82, 2.24) is 31.1 Å². The van der Waals surface area contributed by atoms with Crippen LogP contribution in [0, 0.1) is 11.3 Å². The summed E-state index contributed by atoms with van der Waals surface area (Å²) in [6.45, 7) is 27.8. The molecule has 17 heteroatoms. The lowest BCUT2D eigenvalue weighted by Gasteiger charge is -2.22. The number of amides is 4. The van der Waals surface area contributed by atoms with Gasteiger partial charge in [-0.2, -0.15) is 0 Å². The van der Waals surface area contributed by atoms with Gasteiger partial charge in [-0.15, -0.1) is 9.98 Å². The number of rotatable bonds is 17. The van der Waals surface area contributed by atoms with Crippen molar-refractivity contribution >= 4 is 42.3 Å². The molecule has 1 heterocycles. The van der Waals surface area contributed by atoms with E-state index in [0.29, 0.717) is 25.0 Å². The van der Waals surface area contributed by atoms with Crippen LogP contribution in [0.15, 0.2) is 9.98 Å². The van der Waals surface area contributed by atoms with Crippen LogP contribution in [0.2, 0.25) is 0 Å². The first-order valence-electron chi connectivity index (χ1n) is 20.9. The molecule has 17 nitrogen and oxygen atoms in total. The van der Waals surface area contributed by atoms with E-state index in [-0.39, 0.29) is 11.9 Å². The molecular weight excluding hydrogens is 747 g/mol. The lowest BCUT2D eigenvalue weighted by Crippen LogP contribution is -2.44. The minimum absolute atomic E-state index is 0.00213. The van der Waals surface area contributed by atoms with Crippen molar-refractivity contribution in [3.8, 4) is 0 Å². The number of ether oxygens (including phenoxy) is 4. The van der Waals surface area contributed by atoms with E-state index in [1.807, 2.05) is 0 Å². The average Bonchev–Trinajstić information content (AvgIpc) is 3.37. The molecule has 0 spiro atoms. The molecule has 1 rings (SSSR count). The van der Waals surface area contributed by atoms with Gasteiger partial charge in [-0.25, -0.2) is 19.2 Å². The van der Waals surface area contributed by atoms with Crippen molar-refractivity contribution in [3.05, 3.63) is 0 Å². The molecular formula is C41H77N9O8. The van der Waals surface area contributed by atoms with Crippen LogP contribution >= 0.6 is 0 Å². The summed E-state index contributed by atoms with van der Waals surface area (Å²) in [7, 11) is 0. The number of hydrogen-bond donors (Lipinski definition) is 5. The number of carbonyl (C=O) groups excluding carboxylic acids is 4.